The first-order valence-corrected chi connectivity index (χ1v) is 15.0. The molecule has 0 aromatic heterocycles. The van der Waals surface area contributed by atoms with Gasteiger partial charge in [0.2, 0.25) is 0 Å². The van der Waals surface area contributed by atoms with E-state index in [-0.39, 0.29) is 13.0 Å². The summed E-state index contributed by atoms with van der Waals surface area (Å²) in [6, 6.07) is 0. The maximum atomic E-state index is 11.1. The molecule has 8 nitrogen and oxygen atoms in total. The van der Waals surface area contributed by atoms with Gasteiger partial charge in [-0.2, -0.15) is 0 Å². The molecule has 206 valence electrons. The van der Waals surface area contributed by atoms with Gasteiger partial charge in [0, 0.05) is 12.8 Å². The number of hydrogen-bond donors (Lipinski definition) is 4. The zero-order valence-corrected chi connectivity index (χ0v) is 23.3. The van der Waals surface area contributed by atoms with Crippen LogP contribution in [-0.4, -0.2) is 65.7 Å². The van der Waals surface area contributed by atoms with Crippen molar-refractivity contribution in [3.8, 4) is 0 Å². The van der Waals surface area contributed by atoms with Crippen molar-refractivity contribution in [1.82, 2.24) is 0 Å². The van der Waals surface area contributed by atoms with Crippen LogP contribution in [0.4, 0.5) is 0 Å². The number of carbonyl (C=O) groups is 1. The largest absolute Gasteiger partial charge is 0.526 e. The highest BCUT2D eigenvalue weighted by Gasteiger charge is 2.19. The van der Waals surface area contributed by atoms with Crippen LogP contribution in [0.5, 0.6) is 0 Å². The fraction of sp³-hybridized carbons (Fsp3) is 0.960. The van der Waals surface area contributed by atoms with Gasteiger partial charge in [-0.25, -0.2) is 4.57 Å². The lowest BCUT2D eigenvalue weighted by atomic mass is 10.0. The first-order chi connectivity index (χ1) is 16.1. The summed E-state index contributed by atoms with van der Waals surface area (Å²) in [4.78, 5) is 28.0. The monoisotopic (exact) mass is 511 g/mol. The third kappa shape index (κ3) is 31.5. The quantitative estimate of drug-likeness (QED) is 0.0883. The van der Waals surface area contributed by atoms with Crippen molar-refractivity contribution in [3.63, 3.8) is 0 Å². The van der Waals surface area contributed by atoms with Crippen LogP contribution >= 0.6 is 7.82 Å². The van der Waals surface area contributed by atoms with Crippen molar-refractivity contribution >= 4 is 13.8 Å². The number of likely N-dealkylation sites (N-methyl/N-ethyl adjacent to an activating group) is 1. The molecular formula is C25H56N2O6P+. The summed E-state index contributed by atoms with van der Waals surface area (Å²) >= 11 is 0. The lowest BCUT2D eigenvalue weighted by Crippen LogP contribution is -2.43. The number of rotatable bonds is 22. The maximum absolute atomic E-state index is 11.1. The van der Waals surface area contributed by atoms with E-state index in [2.05, 4.69) is 25.5 Å². The van der Waals surface area contributed by atoms with Gasteiger partial charge in [-0.3, -0.25) is 14.6 Å². The van der Waals surface area contributed by atoms with Crippen LogP contribution < -0.4 is 5.73 Å². The molecule has 0 radical (unpaired) electrons. The number of nitrogens with two attached hydrogens (primary N) is 1. The van der Waals surface area contributed by atoms with Gasteiger partial charge in [-0.05, 0) is 13.0 Å². The fourth-order valence-corrected chi connectivity index (χ4v) is 4.08. The summed E-state index contributed by atoms with van der Waals surface area (Å²) in [7, 11) is -0.455. The van der Waals surface area contributed by atoms with Crippen molar-refractivity contribution in [2.24, 2.45) is 5.73 Å². The Hall–Kier alpha value is -0.500. The number of hydrogen-bond acceptors (Lipinski definition) is 5. The zero-order valence-electron chi connectivity index (χ0n) is 22.4. The van der Waals surface area contributed by atoms with Gasteiger partial charge < -0.3 is 19.8 Å². The van der Waals surface area contributed by atoms with E-state index in [0.29, 0.717) is 6.42 Å². The van der Waals surface area contributed by atoms with Crippen molar-refractivity contribution in [2.45, 2.75) is 116 Å². The van der Waals surface area contributed by atoms with E-state index in [4.69, 9.17) is 20.6 Å². The summed E-state index contributed by atoms with van der Waals surface area (Å²) in [6.07, 6.45) is 19.7. The summed E-state index contributed by atoms with van der Waals surface area (Å²) in [5.41, 5.74) is 5.36. The smallest absolute Gasteiger partial charge is 0.391 e. The fourth-order valence-electron chi connectivity index (χ4n) is 3.72. The molecule has 0 aliphatic rings. The number of quaternary nitrogens is 1. The third-order valence-electron chi connectivity index (χ3n) is 5.88. The predicted octanol–water partition coefficient (Wildman–Crippen LogP) is 5.29. The Labute approximate surface area is 209 Å². The van der Waals surface area contributed by atoms with Crippen LogP contribution in [0.3, 0.4) is 0 Å². The van der Waals surface area contributed by atoms with Crippen molar-refractivity contribution in [2.75, 3.05) is 40.3 Å². The molecule has 0 saturated heterocycles. The van der Waals surface area contributed by atoms with Gasteiger partial charge in [0.25, 0.3) is 0 Å². The Morgan fingerprint density at radius 2 is 1.18 bits per heavy atom. The van der Waals surface area contributed by atoms with Crippen LogP contribution in [0.1, 0.15) is 116 Å². The minimum Gasteiger partial charge on any atom is -0.391 e. The Balaban J connectivity index is 0. The second-order valence-corrected chi connectivity index (χ2v) is 11.1. The van der Waals surface area contributed by atoms with Gasteiger partial charge in [0.1, 0.15) is 6.54 Å². The number of unbranched alkanes of at least 4 members (excludes halogenated alkanes) is 14. The molecule has 0 heterocycles. The van der Waals surface area contributed by atoms with Gasteiger partial charge in [-0.1, -0.05) is 96.8 Å². The molecule has 0 saturated carbocycles. The number of aliphatic hydroxyl groups is 1. The molecule has 34 heavy (non-hydrogen) atoms. The van der Waals surface area contributed by atoms with Crippen molar-refractivity contribution < 1.29 is 33.3 Å². The molecule has 0 aromatic carbocycles. The number of phosphoric acid groups is 1. The standard InChI is InChI=1S/C18H37O5P.C7H19N2O/c1-2-3-4-5-6-7-8-9-10-11-12-13-14-15-16-17-18(19)23-24(20,21)22;1-9(2,6-7-10)5-3-4-8/h2-17H2,1H3,(H2,20,21,22);10H,3-8H2,1-2H3/q;+1. The van der Waals surface area contributed by atoms with Gasteiger partial charge >= 0.3 is 13.8 Å². The molecule has 0 aliphatic carbocycles. The predicted molar refractivity (Wildman–Crippen MR) is 140 cm³/mol. The molecule has 0 fully saturated rings. The highest BCUT2D eigenvalue weighted by molar-refractivity contribution is 7.46. The maximum Gasteiger partial charge on any atom is 0.526 e. The number of carbonyl (C=O) groups excluding carboxylic acids is 1. The van der Waals surface area contributed by atoms with Crippen LogP contribution in [-0.2, 0) is 13.9 Å². The molecule has 5 N–H and O–H groups in total. The first-order valence-electron chi connectivity index (χ1n) is 13.5. The van der Waals surface area contributed by atoms with E-state index in [1.807, 2.05) is 0 Å². The van der Waals surface area contributed by atoms with Gasteiger partial charge in [0.15, 0.2) is 0 Å². The molecular weight excluding hydrogens is 455 g/mol. The van der Waals surface area contributed by atoms with E-state index in [1.54, 1.807) is 0 Å². The molecule has 0 unspecified atom stereocenters. The van der Waals surface area contributed by atoms with E-state index in [9.17, 15) is 9.36 Å². The molecule has 9 heteroatoms. The molecule has 0 rings (SSSR count). The van der Waals surface area contributed by atoms with E-state index >= 15 is 0 Å². The van der Waals surface area contributed by atoms with Crippen LogP contribution in [0.25, 0.3) is 0 Å². The van der Waals surface area contributed by atoms with Crippen molar-refractivity contribution in [1.29, 1.82) is 0 Å². The molecule has 0 atom stereocenters. The minimum absolute atomic E-state index is 0.0867. The minimum atomic E-state index is -4.66. The zero-order chi connectivity index (χ0) is 26.1. The molecule has 0 aliphatic heterocycles. The van der Waals surface area contributed by atoms with Crippen LogP contribution in [0, 0.1) is 0 Å². The van der Waals surface area contributed by atoms with Crippen LogP contribution in [0.2, 0.25) is 0 Å². The van der Waals surface area contributed by atoms with Gasteiger partial charge in [0.05, 0.1) is 27.2 Å². The summed E-state index contributed by atoms with van der Waals surface area (Å²) in [6.45, 7) is 5.13. The molecule has 0 amide bonds. The third-order valence-corrected chi connectivity index (χ3v) is 6.32. The Morgan fingerprint density at radius 3 is 1.53 bits per heavy atom. The van der Waals surface area contributed by atoms with Crippen molar-refractivity contribution in [3.05, 3.63) is 0 Å². The lowest BCUT2D eigenvalue weighted by Gasteiger charge is -2.28. The second kappa shape index (κ2) is 24.2. The highest BCUT2D eigenvalue weighted by Crippen LogP contribution is 2.36. The number of phosphoric ester groups is 1. The number of aliphatic hydroxyl groups excluding tert-OH is 1. The van der Waals surface area contributed by atoms with Crippen LogP contribution in [0.15, 0.2) is 0 Å². The Morgan fingerprint density at radius 1 is 0.765 bits per heavy atom. The van der Waals surface area contributed by atoms with Gasteiger partial charge in [-0.15, -0.1) is 0 Å². The Bertz CT molecular complexity index is 500. The Kier molecular flexibility index (Phi) is 25.4. The topological polar surface area (TPSA) is 130 Å². The summed E-state index contributed by atoms with van der Waals surface area (Å²) in [5.74, 6) is -0.807. The summed E-state index contributed by atoms with van der Waals surface area (Å²) in [5, 5.41) is 8.65. The highest BCUT2D eigenvalue weighted by atomic mass is 31.2. The second-order valence-electron chi connectivity index (χ2n) is 9.90. The lowest BCUT2D eigenvalue weighted by molar-refractivity contribution is -0.890. The normalized spacial score (nSPS) is 11.7. The average molecular weight is 512 g/mol. The molecule has 0 aromatic rings. The molecule has 0 bridgehead atoms. The van der Waals surface area contributed by atoms with E-state index in [0.717, 1.165) is 43.4 Å². The van der Waals surface area contributed by atoms with E-state index in [1.165, 1.54) is 77.0 Å². The molecule has 0 spiro atoms. The first kappa shape index (κ1) is 35.7. The summed E-state index contributed by atoms with van der Waals surface area (Å²) < 4.78 is 15.3. The average Bonchev–Trinajstić information content (AvgIpc) is 2.74. The number of nitrogens with zero attached hydrogens (tertiary/aromatic N) is 1. The van der Waals surface area contributed by atoms with E-state index < -0.39 is 13.8 Å². The SMILES string of the molecule is CCCCCCCCCCCCCCCCCC(=O)OP(=O)(O)O.C[N+](C)(CCO)CCCN.